The van der Waals surface area contributed by atoms with E-state index in [0.29, 0.717) is 0 Å². The summed E-state index contributed by atoms with van der Waals surface area (Å²) in [5.74, 6) is -0.0818. The molecule has 0 fully saturated rings. The van der Waals surface area contributed by atoms with Crippen molar-refractivity contribution in [3.05, 3.63) is 0 Å². The van der Waals surface area contributed by atoms with Crippen molar-refractivity contribution in [1.29, 1.82) is 0 Å². The largest absolute Gasteiger partial charge is 0.384 e. The summed E-state index contributed by atoms with van der Waals surface area (Å²) in [4.78, 5) is 11.8. The lowest BCUT2D eigenvalue weighted by Crippen LogP contribution is -2.14. The summed E-state index contributed by atoms with van der Waals surface area (Å²) in [5, 5.41) is 0. The number of rotatable bonds is 0. The van der Waals surface area contributed by atoms with Crippen LogP contribution in [0.1, 0.15) is 6.92 Å². The van der Waals surface area contributed by atoms with Crippen LogP contribution >= 0.6 is 0 Å². The molecule has 0 rings (SSSR count). The van der Waals surface area contributed by atoms with Crippen LogP contribution in [0, 0.1) is 0 Å². The third-order valence-corrected chi connectivity index (χ3v) is 0.528. The molecule has 0 aromatic rings. The second kappa shape index (κ2) is 1.96. The summed E-state index contributed by atoms with van der Waals surface area (Å²) >= 11 is 0. The first-order chi connectivity index (χ1) is 2.27. The molecule has 0 aliphatic carbocycles. The van der Waals surface area contributed by atoms with Gasteiger partial charge in [-0.05, 0) is 0 Å². The molecule has 0 aromatic heterocycles. The lowest BCUT2D eigenvalue weighted by Gasteiger charge is -1.79. The van der Waals surface area contributed by atoms with E-state index in [2.05, 4.69) is 15.4 Å². The fraction of sp³-hybridized carbons (Fsp3) is 0.500. The maximum atomic E-state index is 9.65. The highest BCUT2D eigenvalue weighted by Crippen LogP contribution is 1.44. The van der Waals surface area contributed by atoms with Crippen molar-refractivity contribution in [2.75, 3.05) is 0 Å². The van der Waals surface area contributed by atoms with Crippen LogP contribution in [0.2, 0.25) is 0 Å². The standard InChI is InChI=1S/C2H4NOSi/c1-2(4)3-5/h1H3,(H,3,4). The van der Waals surface area contributed by atoms with Crippen LogP contribution in [0.15, 0.2) is 0 Å². The molecule has 0 saturated heterocycles. The SMILES string of the molecule is CC(=O)N[Si]. The van der Waals surface area contributed by atoms with E-state index in [0.717, 1.165) is 0 Å². The Labute approximate surface area is 34.1 Å². The Kier molecular flexibility index (Phi) is 1.84. The highest BCUT2D eigenvalue weighted by atomic mass is 28.2. The number of hydrogen-bond acceptors (Lipinski definition) is 1. The number of carbonyl (C=O) groups is 1. The van der Waals surface area contributed by atoms with Gasteiger partial charge < -0.3 is 4.98 Å². The average Bonchev–Trinajstić information content (AvgIpc) is 1.38. The molecule has 0 aliphatic rings. The highest BCUT2D eigenvalue weighted by molar-refractivity contribution is 6.13. The summed E-state index contributed by atoms with van der Waals surface area (Å²) in [6, 6.07) is 0. The van der Waals surface area contributed by atoms with Crippen molar-refractivity contribution in [2.45, 2.75) is 6.92 Å². The van der Waals surface area contributed by atoms with Crippen molar-refractivity contribution in [3.8, 4) is 0 Å². The monoisotopic (exact) mass is 86.0 g/mol. The first-order valence-corrected chi connectivity index (χ1v) is 1.70. The highest BCUT2D eigenvalue weighted by Gasteiger charge is 1.73. The summed E-state index contributed by atoms with van der Waals surface area (Å²) in [6.45, 7) is 1.42. The first kappa shape index (κ1) is 4.69. The smallest absolute Gasteiger partial charge is 0.208 e. The number of amides is 1. The predicted octanol–water partition coefficient (Wildman–Crippen LogP) is -0.794. The van der Waals surface area contributed by atoms with Gasteiger partial charge in [-0.25, -0.2) is 0 Å². The van der Waals surface area contributed by atoms with Crippen molar-refractivity contribution in [3.63, 3.8) is 0 Å². The fourth-order valence-corrected chi connectivity index (χ4v) is 0. The molecule has 5 heavy (non-hydrogen) atoms. The molecular weight excluding hydrogens is 82.1 g/mol. The Hall–Kier alpha value is -0.313. The zero-order chi connectivity index (χ0) is 4.28. The van der Waals surface area contributed by atoms with Crippen LogP contribution in [0.4, 0.5) is 0 Å². The van der Waals surface area contributed by atoms with Gasteiger partial charge in [0.2, 0.25) is 5.91 Å². The molecule has 0 aliphatic heterocycles. The summed E-state index contributed by atoms with van der Waals surface area (Å²) in [6.07, 6.45) is 0. The van der Waals surface area contributed by atoms with Crippen LogP contribution in [0.3, 0.4) is 0 Å². The predicted molar refractivity (Wildman–Crippen MR) is 19.6 cm³/mol. The Bertz CT molecular complexity index is 44.9. The van der Waals surface area contributed by atoms with Gasteiger partial charge >= 0.3 is 0 Å². The van der Waals surface area contributed by atoms with Crippen molar-refractivity contribution >= 4 is 16.3 Å². The van der Waals surface area contributed by atoms with E-state index in [1.807, 2.05) is 0 Å². The lowest BCUT2D eigenvalue weighted by atomic mass is 10.8. The van der Waals surface area contributed by atoms with Gasteiger partial charge in [-0.3, -0.25) is 4.79 Å². The Morgan fingerprint density at radius 3 is 2.20 bits per heavy atom. The van der Waals surface area contributed by atoms with Crippen LogP contribution in [0.5, 0.6) is 0 Å². The lowest BCUT2D eigenvalue weighted by molar-refractivity contribution is -0.117. The molecule has 1 N–H and O–H groups in total. The molecule has 0 unspecified atom stereocenters. The van der Waals surface area contributed by atoms with Crippen LogP contribution in [-0.2, 0) is 4.79 Å². The van der Waals surface area contributed by atoms with Crippen molar-refractivity contribution in [1.82, 2.24) is 4.98 Å². The van der Waals surface area contributed by atoms with Crippen molar-refractivity contribution in [2.24, 2.45) is 0 Å². The molecule has 0 atom stereocenters. The third-order valence-electron chi connectivity index (χ3n) is 0.176. The van der Waals surface area contributed by atoms with Crippen molar-refractivity contribution < 1.29 is 4.79 Å². The molecule has 2 nitrogen and oxygen atoms in total. The molecule has 27 valence electrons. The molecular formula is C2H4NOSi. The quantitative estimate of drug-likeness (QED) is 0.384. The fourth-order valence-electron chi connectivity index (χ4n) is 0. The molecule has 3 heteroatoms. The Morgan fingerprint density at radius 1 is 2.00 bits per heavy atom. The molecule has 0 aromatic carbocycles. The molecule has 1 amide bonds. The second-order valence-corrected chi connectivity index (χ2v) is 0.931. The summed E-state index contributed by atoms with van der Waals surface area (Å²) < 4.78 is 0. The Balaban J connectivity index is 2.85. The zero-order valence-corrected chi connectivity index (χ0v) is 3.91. The Morgan fingerprint density at radius 2 is 2.20 bits per heavy atom. The van der Waals surface area contributed by atoms with Gasteiger partial charge in [-0.1, -0.05) is 0 Å². The molecule has 0 bridgehead atoms. The van der Waals surface area contributed by atoms with Gasteiger partial charge in [0.05, 0.1) is 0 Å². The maximum Gasteiger partial charge on any atom is 0.208 e. The average molecular weight is 86.1 g/mol. The van der Waals surface area contributed by atoms with E-state index in [-0.39, 0.29) is 5.91 Å². The van der Waals surface area contributed by atoms with E-state index >= 15 is 0 Å². The van der Waals surface area contributed by atoms with E-state index in [1.165, 1.54) is 6.92 Å². The minimum atomic E-state index is -0.0818. The molecule has 0 saturated carbocycles. The minimum absolute atomic E-state index is 0.0818. The second-order valence-electron chi connectivity index (χ2n) is 0.681. The van der Waals surface area contributed by atoms with Crippen LogP contribution < -0.4 is 4.98 Å². The van der Waals surface area contributed by atoms with Gasteiger partial charge in [0.1, 0.15) is 0 Å². The van der Waals surface area contributed by atoms with E-state index in [1.54, 1.807) is 0 Å². The number of nitrogens with one attached hydrogen (secondary N) is 1. The van der Waals surface area contributed by atoms with Gasteiger partial charge in [0.15, 0.2) is 10.4 Å². The third kappa shape index (κ3) is 3.69. The molecule has 0 spiro atoms. The van der Waals surface area contributed by atoms with E-state index in [9.17, 15) is 4.79 Å². The minimum Gasteiger partial charge on any atom is -0.384 e. The number of hydrogen-bond donors (Lipinski definition) is 1. The van der Waals surface area contributed by atoms with E-state index < -0.39 is 0 Å². The van der Waals surface area contributed by atoms with Gasteiger partial charge in [0.25, 0.3) is 0 Å². The summed E-state index contributed by atoms with van der Waals surface area (Å²) in [5.41, 5.74) is 0. The summed E-state index contributed by atoms with van der Waals surface area (Å²) in [7, 11) is 2.76. The molecule has 0 heterocycles. The molecule has 3 radical (unpaired) electrons. The number of carbonyl (C=O) groups excluding carboxylic acids is 1. The van der Waals surface area contributed by atoms with Crippen LogP contribution in [0.25, 0.3) is 0 Å². The topological polar surface area (TPSA) is 29.1 Å². The van der Waals surface area contributed by atoms with Gasteiger partial charge in [-0.2, -0.15) is 0 Å². The first-order valence-electron chi connectivity index (χ1n) is 1.20. The van der Waals surface area contributed by atoms with Crippen LogP contribution in [-0.4, -0.2) is 16.3 Å². The zero-order valence-electron chi connectivity index (χ0n) is 2.91. The van der Waals surface area contributed by atoms with Gasteiger partial charge in [-0.15, -0.1) is 0 Å². The normalized spacial score (nSPS) is 6.80. The maximum absolute atomic E-state index is 9.65. The van der Waals surface area contributed by atoms with Gasteiger partial charge in [0, 0.05) is 6.92 Å². The van der Waals surface area contributed by atoms with E-state index in [4.69, 9.17) is 0 Å².